The van der Waals surface area contributed by atoms with Crippen LogP contribution in [0.4, 0.5) is 19.3 Å². The molecule has 0 fully saturated rings. The summed E-state index contributed by atoms with van der Waals surface area (Å²) < 4.78 is 34.8. The minimum absolute atomic E-state index is 0.286. The number of benzene rings is 1. The highest BCUT2D eigenvalue weighted by Crippen LogP contribution is 2.26. The Kier molecular flexibility index (Phi) is 4.77. The number of aryl methyl sites for hydroxylation is 1. The van der Waals surface area contributed by atoms with Gasteiger partial charge in [-0.15, -0.1) is 0 Å². The third kappa shape index (κ3) is 3.85. The maximum atomic E-state index is 13.7. The maximum Gasteiger partial charge on any atom is 0.429 e. The molecule has 0 saturated carbocycles. The highest BCUT2D eigenvalue weighted by molar-refractivity contribution is 6.35. The van der Waals surface area contributed by atoms with E-state index in [0.29, 0.717) is 22.8 Å². The van der Waals surface area contributed by atoms with E-state index in [1.165, 1.54) is 18.3 Å². The minimum Gasteiger partial charge on any atom is -0.443 e. The molecule has 0 N–H and O–H groups in total. The van der Waals surface area contributed by atoms with Crippen LogP contribution in [0.5, 0.6) is 0 Å². The second-order valence-electron chi connectivity index (χ2n) is 6.88. The Balaban J connectivity index is 2.04. The molecule has 1 amide bonds. The molecular formula is C18H17ClF2N4O2. The Hall–Kier alpha value is -2.74. The highest BCUT2D eigenvalue weighted by atomic mass is 35.5. The number of halogens is 3. The number of nitrogens with zero attached hydrogens (tertiary/aromatic N) is 4. The molecule has 0 bridgehead atoms. The monoisotopic (exact) mass is 394 g/mol. The molecule has 0 aliphatic heterocycles. The first kappa shape index (κ1) is 19.0. The lowest BCUT2D eigenvalue weighted by atomic mass is 10.2. The van der Waals surface area contributed by atoms with Crippen molar-refractivity contribution >= 4 is 34.6 Å². The smallest absolute Gasteiger partial charge is 0.429 e. The summed E-state index contributed by atoms with van der Waals surface area (Å²) in [5.41, 5.74) is 0.224. The van der Waals surface area contributed by atoms with E-state index in [0.717, 1.165) is 16.6 Å². The zero-order chi connectivity index (χ0) is 19.9. The van der Waals surface area contributed by atoms with Gasteiger partial charge in [-0.05, 0) is 33.8 Å². The fourth-order valence-corrected chi connectivity index (χ4v) is 2.68. The number of imidazole rings is 1. The van der Waals surface area contributed by atoms with Crippen LogP contribution >= 0.6 is 11.8 Å². The fourth-order valence-electron chi connectivity index (χ4n) is 2.54. The first-order valence-electron chi connectivity index (χ1n) is 8.06. The van der Waals surface area contributed by atoms with Crippen LogP contribution in [-0.2, 0) is 4.74 Å². The van der Waals surface area contributed by atoms with Crippen LogP contribution in [0.25, 0.3) is 16.9 Å². The van der Waals surface area contributed by atoms with Crippen LogP contribution < -0.4 is 4.42 Å². The van der Waals surface area contributed by atoms with Gasteiger partial charge in [0.2, 0.25) is 0 Å². The van der Waals surface area contributed by atoms with E-state index < -0.39 is 23.3 Å². The quantitative estimate of drug-likeness (QED) is 0.580. The molecule has 0 saturated heterocycles. The number of rotatable bonds is 2. The summed E-state index contributed by atoms with van der Waals surface area (Å²) in [6, 6.07) is 5.11. The van der Waals surface area contributed by atoms with E-state index in [4.69, 9.17) is 16.5 Å². The van der Waals surface area contributed by atoms with Crippen LogP contribution in [0.2, 0.25) is 0 Å². The predicted molar refractivity (Wildman–Crippen MR) is 98.1 cm³/mol. The van der Waals surface area contributed by atoms with Gasteiger partial charge in [0.1, 0.15) is 17.2 Å². The number of aromatic nitrogens is 3. The molecule has 2 aromatic heterocycles. The van der Waals surface area contributed by atoms with E-state index >= 15 is 0 Å². The summed E-state index contributed by atoms with van der Waals surface area (Å²) in [5, 5.41) is 0. The van der Waals surface area contributed by atoms with Crippen LogP contribution in [0.3, 0.4) is 0 Å². The van der Waals surface area contributed by atoms with Crippen molar-refractivity contribution in [2.75, 3.05) is 4.42 Å². The molecule has 3 aromatic rings. The predicted octanol–water partition coefficient (Wildman–Crippen LogP) is 4.90. The molecular weight excluding hydrogens is 378 g/mol. The van der Waals surface area contributed by atoms with Gasteiger partial charge in [0.25, 0.3) is 0 Å². The van der Waals surface area contributed by atoms with E-state index in [2.05, 4.69) is 9.97 Å². The number of anilines is 1. The Morgan fingerprint density at radius 1 is 1.22 bits per heavy atom. The molecule has 0 radical (unpaired) electrons. The SMILES string of the molecule is Cc1nc2cc(F)c(F)cc2n1-c1cc(N(Cl)C(=O)OC(C)(C)C)ccn1. The Morgan fingerprint density at radius 2 is 1.89 bits per heavy atom. The van der Waals surface area contributed by atoms with Gasteiger partial charge < -0.3 is 4.74 Å². The van der Waals surface area contributed by atoms with Crippen LogP contribution in [0.15, 0.2) is 30.5 Å². The van der Waals surface area contributed by atoms with Crippen molar-refractivity contribution < 1.29 is 18.3 Å². The second-order valence-corrected chi connectivity index (χ2v) is 7.22. The topological polar surface area (TPSA) is 60.2 Å². The molecule has 142 valence electrons. The first-order valence-corrected chi connectivity index (χ1v) is 8.40. The van der Waals surface area contributed by atoms with Gasteiger partial charge in [0, 0.05) is 36.2 Å². The molecule has 0 spiro atoms. The molecule has 0 atom stereocenters. The molecule has 0 aliphatic rings. The molecule has 27 heavy (non-hydrogen) atoms. The zero-order valence-electron chi connectivity index (χ0n) is 15.1. The number of carbonyl (C=O) groups is 1. The summed E-state index contributed by atoms with van der Waals surface area (Å²) in [5.74, 6) is -1.16. The van der Waals surface area contributed by atoms with E-state index in [1.54, 1.807) is 32.3 Å². The first-order chi connectivity index (χ1) is 12.6. The highest BCUT2D eigenvalue weighted by Gasteiger charge is 2.23. The average Bonchev–Trinajstić information content (AvgIpc) is 2.88. The minimum atomic E-state index is -0.993. The van der Waals surface area contributed by atoms with E-state index in [9.17, 15) is 13.6 Å². The van der Waals surface area contributed by atoms with Crippen molar-refractivity contribution in [1.82, 2.24) is 14.5 Å². The van der Waals surface area contributed by atoms with Gasteiger partial charge in [-0.1, -0.05) is 0 Å². The Bertz CT molecular complexity index is 1030. The van der Waals surface area contributed by atoms with Gasteiger partial charge >= 0.3 is 6.09 Å². The lowest BCUT2D eigenvalue weighted by molar-refractivity contribution is 0.0609. The number of ether oxygens (including phenoxy) is 1. The van der Waals surface area contributed by atoms with Gasteiger partial charge in [0.15, 0.2) is 11.6 Å². The molecule has 0 unspecified atom stereocenters. The number of hydrogen-bond acceptors (Lipinski definition) is 4. The Labute approximate surface area is 159 Å². The molecule has 9 heteroatoms. The lowest BCUT2D eigenvalue weighted by Crippen LogP contribution is -2.31. The number of carbonyl (C=O) groups excluding carboxylic acids is 1. The molecule has 1 aromatic carbocycles. The van der Waals surface area contributed by atoms with Gasteiger partial charge in [0.05, 0.1) is 16.7 Å². The summed E-state index contributed by atoms with van der Waals surface area (Å²) in [4.78, 5) is 20.6. The van der Waals surface area contributed by atoms with Crippen LogP contribution in [0.1, 0.15) is 26.6 Å². The van der Waals surface area contributed by atoms with Crippen molar-refractivity contribution in [3.8, 4) is 5.82 Å². The molecule has 2 heterocycles. The largest absolute Gasteiger partial charge is 0.443 e. The summed E-state index contributed by atoms with van der Waals surface area (Å²) >= 11 is 6.10. The number of hydrogen-bond donors (Lipinski definition) is 0. The van der Waals surface area contributed by atoms with Crippen molar-refractivity contribution in [3.05, 3.63) is 47.9 Å². The average molecular weight is 395 g/mol. The molecule has 6 nitrogen and oxygen atoms in total. The number of fused-ring (bicyclic) bond motifs is 1. The van der Waals surface area contributed by atoms with E-state index in [-0.39, 0.29) is 5.52 Å². The van der Waals surface area contributed by atoms with Crippen molar-refractivity contribution in [2.45, 2.75) is 33.3 Å². The van der Waals surface area contributed by atoms with Crippen LogP contribution in [-0.4, -0.2) is 26.2 Å². The van der Waals surface area contributed by atoms with E-state index in [1.807, 2.05) is 0 Å². The maximum absolute atomic E-state index is 13.7. The zero-order valence-corrected chi connectivity index (χ0v) is 15.9. The lowest BCUT2D eigenvalue weighted by Gasteiger charge is -2.23. The van der Waals surface area contributed by atoms with Crippen LogP contribution in [0, 0.1) is 18.6 Å². The summed E-state index contributed by atoms with van der Waals surface area (Å²) in [6.45, 7) is 6.85. The van der Waals surface area contributed by atoms with Crippen molar-refractivity contribution in [3.63, 3.8) is 0 Å². The third-order valence-electron chi connectivity index (χ3n) is 3.60. The molecule has 3 rings (SSSR count). The number of pyridine rings is 1. The number of amides is 1. The standard InChI is InChI=1S/C18H17ClF2N4O2/c1-10-23-14-8-12(20)13(21)9-15(14)24(10)16-7-11(5-6-22-16)25(19)17(26)27-18(2,3)4/h5-9H,1-4H3. The van der Waals surface area contributed by atoms with Gasteiger partial charge in [-0.3, -0.25) is 4.57 Å². The van der Waals surface area contributed by atoms with Gasteiger partial charge in [-0.2, -0.15) is 4.42 Å². The Morgan fingerprint density at radius 3 is 2.56 bits per heavy atom. The fraction of sp³-hybridized carbons (Fsp3) is 0.278. The van der Waals surface area contributed by atoms with Crippen molar-refractivity contribution in [2.24, 2.45) is 0 Å². The second kappa shape index (κ2) is 6.77. The third-order valence-corrected chi connectivity index (χ3v) is 3.94. The normalized spacial score (nSPS) is 11.7. The van der Waals surface area contributed by atoms with Gasteiger partial charge in [-0.25, -0.2) is 23.5 Å². The summed E-state index contributed by atoms with van der Waals surface area (Å²) in [7, 11) is 0. The van der Waals surface area contributed by atoms with Crippen molar-refractivity contribution in [1.29, 1.82) is 0 Å². The summed E-state index contributed by atoms with van der Waals surface area (Å²) in [6.07, 6.45) is 0.692. The molecule has 0 aliphatic carbocycles.